The first-order chi connectivity index (χ1) is 6.34. The summed E-state index contributed by atoms with van der Waals surface area (Å²) in [4.78, 5) is 0. The maximum Gasteiger partial charge on any atom is 0.0699 e. The van der Waals surface area contributed by atoms with Gasteiger partial charge in [0, 0.05) is 5.31 Å². The minimum Gasteiger partial charge on any atom is -0.227 e. The van der Waals surface area contributed by atoms with Gasteiger partial charge < -0.3 is 0 Å². The number of rotatable bonds is 6. The minimum absolute atomic E-state index is 1.24. The second kappa shape index (κ2) is 6.57. The first kappa shape index (κ1) is 11.2. The van der Waals surface area contributed by atoms with Gasteiger partial charge in [-0.15, -0.1) is 0 Å². The number of hydrogen-bond acceptors (Lipinski definition) is 0. The quantitative estimate of drug-likeness (QED) is 0.440. The first-order valence-corrected chi connectivity index (χ1v) is 7.61. The van der Waals surface area contributed by atoms with E-state index in [0.29, 0.717) is 0 Å². The fourth-order valence-corrected chi connectivity index (χ4v) is 3.93. The van der Waals surface area contributed by atoms with Crippen molar-refractivity contribution in [2.45, 2.75) is 52.4 Å². The molecule has 1 heterocycles. The zero-order valence-electron chi connectivity index (χ0n) is 8.58. The van der Waals surface area contributed by atoms with E-state index in [0.717, 1.165) is 0 Å². The molecule has 0 spiro atoms. The van der Waals surface area contributed by atoms with Crippen LogP contribution in [0.25, 0.3) is 0 Å². The highest BCUT2D eigenvalue weighted by molar-refractivity contribution is 7.85. The zero-order chi connectivity index (χ0) is 9.52. The Labute approximate surface area is 84.9 Å². The van der Waals surface area contributed by atoms with Gasteiger partial charge in [-0.25, -0.2) is 5.09 Å². The van der Waals surface area contributed by atoms with E-state index in [1.54, 1.807) is 5.31 Å². The highest BCUT2D eigenvalue weighted by Gasteiger charge is 2.06. The van der Waals surface area contributed by atoms with Crippen molar-refractivity contribution in [2.24, 2.45) is 0 Å². The molecule has 0 saturated carbocycles. The number of unbranched alkanes of at least 4 members (excludes halogenated alkanes) is 4. The van der Waals surface area contributed by atoms with Crippen molar-refractivity contribution >= 4 is 15.9 Å². The van der Waals surface area contributed by atoms with Crippen LogP contribution in [-0.2, 0) is 0 Å². The molecule has 0 amide bonds. The van der Waals surface area contributed by atoms with Crippen LogP contribution in [0, 0.1) is 0 Å². The Balaban J connectivity index is 2.06. The van der Waals surface area contributed by atoms with E-state index in [9.17, 15) is 0 Å². The third kappa shape index (κ3) is 4.25. The van der Waals surface area contributed by atoms with Crippen LogP contribution in [0.15, 0.2) is 11.0 Å². The van der Waals surface area contributed by atoms with Crippen LogP contribution >= 0.6 is 15.9 Å². The molecule has 1 nitrogen and oxygen atoms in total. The van der Waals surface area contributed by atoms with Crippen LogP contribution in [0.4, 0.5) is 0 Å². The summed E-state index contributed by atoms with van der Waals surface area (Å²) in [6.45, 7) is 4.41. The van der Waals surface area contributed by atoms with E-state index in [-0.39, 0.29) is 0 Å². The van der Waals surface area contributed by atoms with Gasteiger partial charge in [0.2, 0.25) is 0 Å². The van der Waals surface area contributed by atoms with E-state index in [2.05, 4.69) is 18.9 Å². The molecule has 73 valence electrons. The van der Waals surface area contributed by atoms with Gasteiger partial charge in [-0.1, -0.05) is 32.6 Å². The second-order valence-electron chi connectivity index (χ2n) is 3.49. The molecule has 0 aromatic carbocycles. The van der Waals surface area contributed by atoms with Crippen LogP contribution in [-0.4, -0.2) is 0 Å². The third-order valence-electron chi connectivity index (χ3n) is 2.29. The van der Waals surface area contributed by atoms with Crippen LogP contribution in [0.5, 0.6) is 0 Å². The predicted molar refractivity (Wildman–Crippen MR) is 62.1 cm³/mol. The lowest BCUT2D eigenvalue weighted by Crippen LogP contribution is -1.86. The average Bonchev–Trinajstić information content (AvgIpc) is 2.52. The molecule has 1 aliphatic heterocycles. The normalized spacial score (nSPS) is 17.7. The van der Waals surface area contributed by atoms with Crippen molar-refractivity contribution in [3.63, 3.8) is 0 Å². The van der Waals surface area contributed by atoms with Crippen LogP contribution < -0.4 is 5.09 Å². The van der Waals surface area contributed by atoms with Gasteiger partial charge >= 0.3 is 0 Å². The smallest absolute Gasteiger partial charge is 0.0699 e. The van der Waals surface area contributed by atoms with Crippen molar-refractivity contribution in [3.8, 4) is 0 Å². The van der Waals surface area contributed by atoms with E-state index < -0.39 is 0 Å². The lowest BCUT2D eigenvalue weighted by molar-refractivity contribution is 0.634. The first-order valence-electron chi connectivity index (χ1n) is 5.16. The average molecular weight is 214 g/mol. The van der Waals surface area contributed by atoms with Crippen LogP contribution in [0.1, 0.15) is 52.4 Å². The van der Waals surface area contributed by atoms with E-state index in [1.807, 2.05) is 0 Å². The summed E-state index contributed by atoms with van der Waals surface area (Å²) in [6, 6.07) is 0. The summed E-state index contributed by atoms with van der Waals surface area (Å²) < 4.78 is 0. The van der Waals surface area contributed by atoms with Gasteiger partial charge in [0.1, 0.15) is 0 Å². The molecule has 1 rings (SSSR count). The molecule has 13 heavy (non-hydrogen) atoms. The summed E-state index contributed by atoms with van der Waals surface area (Å²) in [5, 5.41) is 5.95. The zero-order valence-corrected chi connectivity index (χ0v) is 10.4. The number of nitrogens with zero attached hydrogens (tertiary/aromatic N) is 1. The highest BCUT2D eigenvalue weighted by Crippen LogP contribution is 2.37. The van der Waals surface area contributed by atoms with Gasteiger partial charge in [0.15, 0.2) is 0 Å². The summed E-state index contributed by atoms with van der Waals surface area (Å²) in [5.41, 5.74) is 1.30. The van der Waals surface area contributed by atoms with Crippen molar-refractivity contribution < 1.29 is 0 Å². The Kier molecular flexibility index (Phi) is 5.67. The maximum atomic E-state index is 4.37. The largest absolute Gasteiger partial charge is 0.227 e. The lowest BCUT2D eigenvalue weighted by atomic mass is 10.1. The summed E-state index contributed by atoms with van der Waals surface area (Å²) >= 11 is 0. The molecule has 0 unspecified atom stereocenters. The van der Waals surface area contributed by atoms with Crippen molar-refractivity contribution in [3.05, 3.63) is 11.0 Å². The van der Waals surface area contributed by atoms with E-state index in [1.165, 1.54) is 60.1 Å². The Morgan fingerprint density at radius 3 is 2.54 bits per heavy atom. The molecule has 0 aromatic heterocycles. The van der Waals surface area contributed by atoms with Crippen molar-refractivity contribution in [2.75, 3.05) is 0 Å². The Bertz CT molecular complexity index is 209. The molecule has 0 saturated heterocycles. The number of hydrogen-bond donors (Lipinski definition) is 0. The molecule has 0 fully saturated rings. The standard InChI is InChI=1S/C10H18NP2/c1-3-4-5-6-7-8-10-9(2)11-13-12-10/h3-8H2,1-2H3. The molecular formula is C10H18NP2. The fraction of sp³-hybridized carbons (Fsp3) is 0.800. The molecular weight excluding hydrogens is 196 g/mol. The highest BCUT2D eigenvalue weighted by atomic mass is 31.7. The Hall–Kier alpha value is 0.140. The maximum absolute atomic E-state index is 4.37. The lowest BCUT2D eigenvalue weighted by Gasteiger charge is -2.00. The Morgan fingerprint density at radius 2 is 1.92 bits per heavy atom. The van der Waals surface area contributed by atoms with Gasteiger partial charge in [0.05, 0.1) is 13.7 Å². The molecule has 0 atom stereocenters. The third-order valence-corrected chi connectivity index (χ3v) is 4.82. The van der Waals surface area contributed by atoms with Crippen LogP contribution in [0.2, 0.25) is 0 Å². The van der Waals surface area contributed by atoms with Crippen LogP contribution in [0.3, 0.4) is 0 Å². The molecule has 1 radical (unpaired) electrons. The number of allylic oxidation sites excluding steroid dienone is 2. The summed E-state index contributed by atoms with van der Waals surface area (Å²) in [5.74, 6) is 0. The molecule has 0 N–H and O–H groups in total. The molecule has 0 aliphatic carbocycles. The molecule has 1 aliphatic rings. The minimum atomic E-state index is 1.24. The van der Waals surface area contributed by atoms with Crippen molar-refractivity contribution in [1.82, 2.24) is 5.09 Å². The second-order valence-corrected chi connectivity index (χ2v) is 5.74. The topological polar surface area (TPSA) is 14.1 Å². The fourth-order valence-electron chi connectivity index (χ4n) is 1.40. The predicted octanol–water partition coefficient (Wildman–Crippen LogP) is 4.92. The monoisotopic (exact) mass is 214 g/mol. The van der Waals surface area contributed by atoms with Gasteiger partial charge in [-0.2, -0.15) is 0 Å². The van der Waals surface area contributed by atoms with Gasteiger partial charge in [-0.3, -0.25) is 0 Å². The summed E-state index contributed by atoms with van der Waals surface area (Å²) in [6.07, 6.45) is 8.20. The van der Waals surface area contributed by atoms with E-state index in [4.69, 9.17) is 0 Å². The van der Waals surface area contributed by atoms with Gasteiger partial charge in [-0.05, 0) is 27.6 Å². The molecule has 3 heteroatoms. The van der Waals surface area contributed by atoms with Crippen molar-refractivity contribution in [1.29, 1.82) is 0 Å². The SMILES string of the molecule is CCCCCCCC1=C(C)[N]P=P1. The summed E-state index contributed by atoms with van der Waals surface area (Å²) in [7, 11) is 2.68. The molecule has 0 aromatic rings. The van der Waals surface area contributed by atoms with Gasteiger partial charge in [0.25, 0.3) is 0 Å². The van der Waals surface area contributed by atoms with E-state index >= 15 is 0 Å². The molecule has 0 bridgehead atoms. The Morgan fingerprint density at radius 1 is 1.15 bits per heavy atom.